The molecule has 0 saturated heterocycles. The standard InChI is InChI=1S/C19H20BrN3O3/c1-3-23-11-15(20)16(22-23)10-21-19(24)18-9-8-14(26-18)12-25-17-7-5-4-6-13(17)2/h4-9,11H,3,10,12H2,1-2H3,(H,21,24). The molecule has 0 atom stereocenters. The Morgan fingerprint density at radius 3 is 2.85 bits per heavy atom. The van der Waals surface area contributed by atoms with Crippen molar-refractivity contribution in [1.29, 1.82) is 0 Å². The summed E-state index contributed by atoms with van der Waals surface area (Å²) in [5.74, 6) is 1.35. The van der Waals surface area contributed by atoms with Crippen molar-refractivity contribution in [3.63, 3.8) is 0 Å². The van der Waals surface area contributed by atoms with Crippen molar-refractivity contribution < 1.29 is 13.9 Å². The maximum atomic E-state index is 12.3. The molecule has 0 spiro atoms. The summed E-state index contributed by atoms with van der Waals surface area (Å²) < 4.78 is 14.0. The molecule has 0 bridgehead atoms. The third kappa shape index (κ3) is 4.35. The van der Waals surface area contributed by atoms with Crippen molar-refractivity contribution in [2.24, 2.45) is 0 Å². The van der Waals surface area contributed by atoms with Crippen LogP contribution < -0.4 is 10.1 Å². The lowest BCUT2D eigenvalue weighted by Crippen LogP contribution is -2.22. The maximum Gasteiger partial charge on any atom is 0.287 e. The molecule has 2 heterocycles. The van der Waals surface area contributed by atoms with Gasteiger partial charge >= 0.3 is 0 Å². The number of para-hydroxylation sites is 1. The molecule has 0 aliphatic carbocycles. The van der Waals surface area contributed by atoms with Gasteiger partial charge in [0.15, 0.2) is 5.76 Å². The third-order valence-corrected chi connectivity index (χ3v) is 4.54. The second-order valence-corrected chi connectivity index (χ2v) is 6.64. The molecule has 1 N–H and O–H groups in total. The van der Waals surface area contributed by atoms with Gasteiger partial charge in [0.25, 0.3) is 5.91 Å². The summed E-state index contributed by atoms with van der Waals surface area (Å²) in [4.78, 5) is 12.3. The average molecular weight is 418 g/mol. The van der Waals surface area contributed by atoms with Crippen LogP contribution in [0, 0.1) is 6.92 Å². The van der Waals surface area contributed by atoms with E-state index in [1.54, 1.807) is 16.8 Å². The average Bonchev–Trinajstić information content (AvgIpc) is 3.25. The fourth-order valence-electron chi connectivity index (χ4n) is 2.41. The summed E-state index contributed by atoms with van der Waals surface area (Å²) in [6, 6.07) is 11.1. The Kier molecular flexibility index (Phi) is 5.78. The molecule has 7 heteroatoms. The SMILES string of the molecule is CCn1cc(Br)c(CNC(=O)c2ccc(COc3ccccc3C)o2)n1. The van der Waals surface area contributed by atoms with E-state index in [4.69, 9.17) is 9.15 Å². The zero-order valence-corrected chi connectivity index (χ0v) is 16.2. The van der Waals surface area contributed by atoms with E-state index in [-0.39, 0.29) is 18.3 Å². The van der Waals surface area contributed by atoms with Crippen molar-refractivity contribution in [3.8, 4) is 5.75 Å². The van der Waals surface area contributed by atoms with E-state index < -0.39 is 0 Å². The molecule has 2 aromatic heterocycles. The Hall–Kier alpha value is -2.54. The van der Waals surface area contributed by atoms with Crippen LogP contribution in [0.2, 0.25) is 0 Å². The lowest BCUT2D eigenvalue weighted by Gasteiger charge is -2.06. The van der Waals surface area contributed by atoms with Gasteiger partial charge in [0.05, 0.1) is 16.7 Å². The number of nitrogens with one attached hydrogen (secondary N) is 1. The van der Waals surface area contributed by atoms with Gasteiger partial charge in [-0.25, -0.2) is 0 Å². The molecule has 0 aliphatic heterocycles. The summed E-state index contributed by atoms with van der Waals surface area (Å²) >= 11 is 3.44. The van der Waals surface area contributed by atoms with E-state index in [1.165, 1.54) is 0 Å². The van der Waals surface area contributed by atoms with E-state index in [1.807, 2.05) is 44.3 Å². The number of nitrogens with zero attached hydrogens (tertiary/aromatic N) is 2. The van der Waals surface area contributed by atoms with E-state index in [0.29, 0.717) is 12.3 Å². The number of carbonyl (C=O) groups is 1. The van der Waals surface area contributed by atoms with Gasteiger partial charge < -0.3 is 14.5 Å². The number of hydrogen-bond acceptors (Lipinski definition) is 4. The highest BCUT2D eigenvalue weighted by Crippen LogP contribution is 2.19. The molecule has 3 aromatic rings. The molecule has 0 fully saturated rings. The summed E-state index contributed by atoms with van der Waals surface area (Å²) in [6.45, 7) is 5.35. The molecule has 3 rings (SSSR count). The molecule has 26 heavy (non-hydrogen) atoms. The number of rotatable bonds is 7. The first-order chi connectivity index (χ1) is 12.6. The molecular weight excluding hydrogens is 398 g/mol. The number of ether oxygens (including phenoxy) is 1. The predicted molar refractivity (Wildman–Crippen MR) is 101 cm³/mol. The van der Waals surface area contributed by atoms with Crippen molar-refractivity contribution in [3.05, 3.63) is 69.8 Å². The van der Waals surface area contributed by atoms with Crippen LogP contribution in [0.4, 0.5) is 0 Å². The Morgan fingerprint density at radius 2 is 2.12 bits per heavy atom. The number of hydrogen-bond donors (Lipinski definition) is 1. The summed E-state index contributed by atoms with van der Waals surface area (Å²) in [6.07, 6.45) is 1.88. The number of amides is 1. The number of aromatic nitrogens is 2. The van der Waals surface area contributed by atoms with Gasteiger partial charge in [-0.05, 0) is 53.5 Å². The number of carbonyl (C=O) groups excluding carboxylic acids is 1. The quantitative estimate of drug-likeness (QED) is 0.628. The minimum atomic E-state index is -0.287. The molecule has 0 aliphatic rings. The van der Waals surface area contributed by atoms with Gasteiger partial charge in [-0.15, -0.1) is 0 Å². The fourth-order valence-corrected chi connectivity index (χ4v) is 2.87. The summed E-state index contributed by atoms with van der Waals surface area (Å²) in [5.41, 5.74) is 1.82. The summed E-state index contributed by atoms with van der Waals surface area (Å²) in [7, 11) is 0. The first-order valence-corrected chi connectivity index (χ1v) is 9.13. The Labute approximate surface area is 160 Å². The Balaban J connectivity index is 1.56. The van der Waals surface area contributed by atoms with Crippen molar-refractivity contribution in [2.75, 3.05) is 0 Å². The Bertz CT molecular complexity index is 901. The molecule has 6 nitrogen and oxygen atoms in total. The van der Waals surface area contributed by atoms with Gasteiger partial charge in [-0.2, -0.15) is 5.10 Å². The first-order valence-electron chi connectivity index (χ1n) is 8.34. The summed E-state index contributed by atoms with van der Waals surface area (Å²) in [5, 5.41) is 7.19. The second-order valence-electron chi connectivity index (χ2n) is 5.78. The Morgan fingerprint density at radius 1 is 1.31 bits per heavy atom. The predicted octanol–water partition coefficient (Wildman–Crippen LogP) is 4.08. The molecule has 1 aromatic carbocycles. The fraction of sp³-hybridized carbons (Fsp3) is 0.263. The smallest absolute Gasteiger partial charge is 0.287 e. The highest BCUT2D eigenvalue weighted by molar-refractivity contribution is 9.10. The van der Waals surface area contributed by atoms with Crippen LogP contribution in [0.5, 0.6) is 5.75 Å². The third-order valence-electron chi connectivity index (χ3n) is 3.88. The minimum absolute atomic E-state index is 0.249. The minimum Gasteiger partial charge on any atom is -0.485 e. The maximum absolute atomic E-state index is 12.3. The highest BCUT2D eigenvalue weighted by Gasteiger charge is 2.13. The topological polar surface area (TPSA) is 69.3 Å². The zero-order chi connectivity index (χ0) is 18.5. The number of aryl methyl sites for hydroxylation is 2. The molecule has 136 valence electrons. The van der Waals surface area contributed by atoms with Crippen molar-refractivity contribution in [1.82, 2.24) is 15.1 Å². The number of halogens is 1. The van der Waals surface area contributed by atoms with E-state index in [9.17, 15) is 4.79 Å². The van der Waals surface area contributed by atoms with Gasteiger partial charge in [-0.3, -0.25) is 9.48 Å². The lowest BCUT2D eigenvalue weighted by atomic mass is 10.2. The van der Waals surface area contributed by atoms with Crippen LogP contribution >= 0.6 is 15.9 Å². The molecule has 0 radical (unpaired) electrons. The van der Waals surface area contributed by atoms with Gasteiger partial charge in [0.1, 0.15) is 18.1 Å². The van der Waals surface area contributed by atoms with Crippen LogP contribution in [0.3, 0.4) is 0 Å². The van der Waals surface area contributed by atoms with E-state index in [2.05, 4.69) is 26.3 Å². The normalized spacial score (nSPS) is 10.7. The molecule has 1 amide bonds. The molecule has 0 unspecified atom stereocenters. The van der Waals surface area contributed by atoms with Crippen LogP contribution in [0.25, 0.3) is 0 Å². The molecular formula is C19H20BrN3O3. The van der Waals surface area contributed by atoms with Crippen LogP contribution in [-0.2, 0) is 19.7 Å². The van der Waals surface area contributed by atoms with E-state index in [0.717, 1.165) is 28.0 Å². The lowest BCUT2D eigenvalue weighted by molar-refractivity contribution is 0.0918. The first kappa shape index (κ1) is 18.3. The second kappa shape index (κ2) is 8.23. The van der Waals surface area contributed by atoms with Crippen LogP contribution in [0.15, 0.2) is 51.5 Å². The molecule has 0 saturated carbocycles. The van der Waals surface area contributed by atoms with Crippen LogP contribution in [-0.4, -0.2) is 15.7 Å². The van der Waals surface area contributed by atoms with Crippen molar-refractivity contribution >= 4 is 21.8 Å². The zero-order valence-electron chi connectivity index (χ0n) is 14.7. The van der Waals surface area contributed by atoms with Gasteiger partial charge in [0.2, 0.25) is 0 Å². The van der Waals surface area contributed by atoms with E-state index >= 15 is 0 Å². The highest BCUT2D eigenvalue weighted by atomic mass is 79.9. The monoisotopic (exact) mass is 417 g/mol. The largest absolute Gasteiger partial charge is 0.485 e. The van der Waals surface area contributed by atoms with Gasteiger partial charge in [-0.1, -0.05) is 18.2 Å². The van der Waals surface area contributed by atoms with Crippen LogP contribution in [0.1, 0.15) is 34.5 Å². The number of furan rings is 1. The van der Waals surface area contributed by atoms with Crippen molar-refractivity contribution in [2.45, 2.75) is 33.5 Å². The number of benzene rings is 1. The van der Waals surface area contributed by atoms with Gasteiger partial charge in [0, 0.05) is 12.7 Å².